The van der Waals surface area contributed by atoms with Crippen LogP contribution in [-0.2, 0) is 20.8 Å². The largest absolute Gasteiger partial charge is 0.381 e. The molecule has 1 aromatic heterocycles. The number of amides is 2. The molecule has 2 amide bonds. The normalized spacial score (nSPS) is 14.4. The first-order valence-corrected chi connectivity index (χ1v) is 10.9. The average Bonchev–Trinajstić information content (AvgIpc) is 3.21. The van der Waals surface area contributed by atoms with Crippen LogP contribution in [0.5, 0.6) is 0 Å². The third-order valence-electron chi connectivity index (χ3n) is 5.68. The maximum absolute atomic E-state index is 13.3. The second kappa shape index (κ2) is 10.5. The lowest BCUT2D eigenvalue weighted by Gasteiger charge is -2.22. The van der Waals surface area contributed by atoms with Crippen molar-refractivity contribution in [3.05, 3.63) is 59.7 Å². The van der Waals surface area contributed by atoms with E-state index in [0.29, 0.717) is 54.5 Å². The minimum Gasteiger partial charge on any atom is -0.381 e. The maximum Gasteiger partial charge on any atom is 0.253 e. The smallest absolute Gasteiger partial charge is 0.253 e. The van der Waals surface area contributed by atoms with Crippen LogP contribution in [0.2, 0.25) is 0 Å². The number of carbonyl (C=O) groups is 2. The Kier molecular flexibility index (Phi) is 7.31. The Morgan fingerprint density at radius 2 is 1.97 bits per heavy atom. The summed E-state index contributed by atoms with van der Waals surface area (Å²) in [5.74, 6) is -0.503. The number of benzene rings is 2. The first-order chi connectivity index (χ1) is 16.0. The van der Waals surface area contributed by atoms with E-state index in [-0.39, 0.29) is 24.2 Å². The van der Waals surface area contributed by atoms with Gasteiger partial charge in [-0.1, -0.05) is 12.1 Å². The number of hydrogen-bond acceptors (Lipinski definition) is 5. The lowest BCUT2D eigenvalue weighted by Crippen LogP contribution is -2.32. The summed E-state index contributed by atoms with van der Waals surface area (Å²) in [5.41, 5.74) is 2.97. The summed E-state index contributed by atoms with van der Waals surface area (Å²) in [6, 6.07) is 9.58. The molecule has 2 aromatic carbocycles. The second-order valence-corrected chi connectivity index (χ2v) is 8.14. The van der Waals surface area contributed by atoms with E-state index in [1.54, 1.807) is 30.6 Å². The van der Waals surface area contributed by atoms with Crippen LogP contribution in [0.4, 0.5) is 10.1 Å². The molecule has 1 fully saturated rings. The molecule has 0 bridgehead atoms. The molecule has 4 rings (SSSR count). The van der Waals surface area contributed by atoms with Crippen molar-refractivity contribution in [2.24, 2.45) is 5.92 Å². The van der Waals surface area contributed by atoms with Crippen molar-refractivity contribution in [2.75, 3.05) is 38.8 Å². The molecule has 3 aromatic rings. The molecule has 1 aliphatic rings. The number of imidazole rings is 1. The highest BCUT2D eigenvalue weighted by Gasteiger charge is 2.20. The molecule has 8 nitrogen and oxygen atoms in total. The van der Waals surface area contributed by atoms with Crippen LogP contribution in [0.3, 0.4) is 0 Å². The Morgan fingerprint density at radius 3 is 2.70 bits per heavy atom. The zero-order valence-corrected chi connectivity index (χ0v) is 18.5. The van der Waals surface area contributed by atoms with E-state index < -0.39 is 0 Å². The van der Waals surface area contributed by atoms with Crippen LogP contribution in [0.1, 0.15) is 28.8 Å². The summed E-state index contributed by atoms with van der Waals surface area (Å²) < 4.78 is 25.4. The van der Waals surface area contributed by atoms with Gasteiger partial charge in [0.25, 0.3) is 5.91 Å². The number of fused-ring (bicyclic) bond motifs is 1. The highest BCUT2D eigenvalue weighted by molar-refractivity contribution is 6.07. The highest BCUT2D eigenvalue weighted by atomic mass is 19.1. The molecule has 9 heteroatoms. The van der Waals surface area contributed by atoms with E-state index >= 15 is 0 Å². The van der Waals surface area contributed by atoms with Crippen molar-refractivity contribution < 1.29 is 23.5 Å². The number of ether oxygens (including phenoxy) is 2. The number of nitrogens with one attached hydrogen (secondary N) is 2. The highest BCUT2D eigenvalue weighted by Crippen LogP contribution is 2.25. The zero-order valence-electron chi connectivity index (χ0n) is 18.5. The molecule has 0 atom stereocenters. The van der Waals surface area contributed by atoms with Gasteiger partial charge in [-0.05, 0) is 48.6 Å². The van der Waals surface area contributed by atoms with Gasteiger partial charge in [-0.2, -0.15) is 0 Å². The van der Waals surface area contributed by atoms with Crippen LogP contribution >= 0.6 is 0 Å². The predicted molar refractivity (Wildman–Crippen MR) is 122 cm³/mol. The Morgan fingerprint density at radius 1 is 1.21 bits per heavy atom. The summed E-state index contributed by atoms with van der Waals surface area (Å²) in [4.78, 5) is 29.7. The average molecular weight is 455 g/mol. The third-order valence-corrected chi connectivity index (χ3v) is 5.68. The van der Waals surface area contributed by atoms with Crippen molar-refractivity contribution in [3.63, 3.8) is 0 Å². The van der Waals surface area contributed by atoms with E-state index in [1.165, 1.54) is 19.2 Å². The minimum atomic E-state index is -0.323. The molecule has 0 saturated carbocycles. The van der Waals surface area contributed by atoms with Crippen LogP contribution in [-0.4, -0.2) is 54.8 Å². The van der Waals surface area contributed by atoms with Gasteiger partial charge < -0.3 is 24.7 Å². The number of aromatic nitrogens is 2. The first kappa shape index (κ1) is 22.9. The zero-order chi connectivity index (χ0) is 23.2. The van der Waals surface area contributed by atoms with Gasteiger partial charge in [0.2, 0.25) is 5.91 Å². The topological polar surface area (TPSA) is 94.5 Å². The molecule has 1 aliphatic heterocycles. The van der Waals surface area contributed by atoms with E-state index in [0.717, 1.165) is 18.4 Å². The molecule has 0 unspecified atom stereocenters. The Labute approximate surface area is 191 Å². The van der Waals surface area contributed by atoms with Crippen LogP contribution < -0.4 is 10.6 Å². The number of halogens is 1. The van der Waals surface area contributed by atoms with Gasteiger partial charge in [0.1, 0.15) is 12.4 Å². The molecule has 1 saturated heterocycles. The van der Waals surface area contributed by atoms with Gasteiger partial charge in [-0.3, -0.25) is 9.59 Å². The van der Waals surface area contributed by atoms with E-state index in [2.05, 4.69) is 15.6 Å². The molecule has 2 heterocycles. The van der Waals surface area contributed by atoms with E-state index in [4.69, 9.17) is 9.47 Å². The number of carbonyl (C=O) groups excluding carboxylic acids is 2. The number of hydrogen-bond donors (Lipinski definition) is 2. The SMILES string of the molecule is COCC(=O)Nc1cc(C(=O)NCC2CCOCC2)c2c(c1)ncn2Cc1ccc(F)cc1. The molecule has 0 aliphatic carbocycles. The number of anilines is 1. The lowest BCUT2D eigenvalue weighted by atomic mass is 10.0. The van der Waals surface area contributed by atoms with Gasteiger partial charge >= 0.3 is 0 Å². The molecule has 174 valence electrons. The summed E-state index contributed by atoms with van der Waals surface area (Å²) in [6.07, 6.45) is 3.46. The van der Waals surface area contributed by atoms with E-state index in [1.807, 2.05) is 4.57 Å². The molecular formula is C24H27FN4O4. The van der Waals surface area contributed by atoms with Crippen LogP contribution in [0.25, 0.3) is 11.0 Å². The standard InChI is InChI=1S/C24H27FN4O4/c1-32-14-22(30)28-19-10-20(24(31)26-12-16-6-8-33-9-7-16)23-21(11-19)27-15-29(23)13-17-2-4-18(25)5-3-17/h2-5,10-11,15-16H,6-9,12-14H2,1H3,(H,26,31)(H,28,30). The number of nitrogens with zero attached hydrogens (tertiary/aromatic N) is 2. The molecule has 0 radical (unpaired) electrons. The van der Waals surface area contributed by atoms with Crippen molar-refractivity contribution >= 4 is 28.5 Å². The van der Waals surface area contributed by atoms with Gasteiger partial charge in [-0.25, -0.2) is 9.37 Å². The fraction of sp³-hybridized carbons (Fsp3) is 0.375. The first-order valence-electron chi connectivity index (χ1n) is 10.9. The number of rotatable bonds is 8. The van der Waals surface area contributed by atoms with Crippen LogP contribution in [0, 0.1) is 11.7 Å². The summed E-state index contributed by atoms with van der Waals surface area (Å²) in [6.45, 7) is 2.29. The van der Waals surface area contributed by atoms with E-state index in [9.17, 15) is 14.0 Å². The van der Waals surface area contributed by atoms with Crippen molar-refractivity contribution in [3.8, 4) is 0 Å². The van der Waals surface area contributed by atoms with Gasteiger partial charge in [0.15, 0.2) is 0 Å². The second-order valence-electron chi connectivity index (χ2n) is 8.14. The molecule has 0 spiro atoms. The Balaban J connectivity index is 1.64. The fourth-order valence-electron chi connectivity index (χ4n) is 3.97. The maximum atomic E-state index is 13.3. The summed E-state index contributed by atoms with van der Waals surface area (Å²) in [7, 11) is 1.44. The molecule has 33 heavy (non-hydrogen) atoms. The van der Waals surface area contributed by atoms with Gasteiger partial charge in [0, 0.05) is 39.1 Å². The monoisotopic (exact) mass is 454 g/mol. The summed E-state index contributed by atoms with van der Waals surface area (Å²) >= 11 is 0. The van der Waals surface area contributed by atoms with Gasteiger partial charge in [0.05, 0.1) is 22.9 Å². The molecular weight excluding hydrogens is 427 g/mol. The third kappa shape index (κ3) is 5.74. The van der Waals surface area contributed by atoms with Crippen LogP contribution in [0.15, 0.2) is 42.7 Å². The Bertz CT molecular complexity index is 1120. The van der Waals surface area contributed by atoms with Crippen molar-refractivity contribution in [2.45, 2.75) is 19.4 Å². The fourth-order valence-corrected chi connectivity index (χ4v) is 3.97. The number of methoxy groups -OCH3 is 1. The van der Waals surface area contributed by atoms with Crippen molar-refractivity contribution in [1.82, 2.24) is 14.9 Å². The van der Waals surface area contributed by atoms with Gasteiger partial charge in [-0.15, -0.1) is 0 Å². The Hall–Kier alpha value is -3.30. The molecule has 2 N–H and O–H groups in total. The lowest BCUT2D eigenvalue weighted by molar-refractivity contribution is -0.119. The quantitative estimate of drug-likeness (QED) is 0.546. The predicted octanol–water partition coefficient (Wildman–Crippen LogP) is 2.97. The summed E-state index contributed by atoms with van der Waals surface area (Å²) in [5, 5.41) is 5.78. The minimum absolute atomic E-state index is 0.0949. The van der Waals surface area contributed by atoms with Crippen molar-refractivity contribution in [1.29, 1.82) is 0 Å².